The highest BCUT2D eigenvalue weighted by Gasteiger charge is 2.55. The van der Waals surface area contributed by atoms with E-state index < -0.39 is 0 Å². The number of hydrogen-bond acceptors (Lipinski definition) is 5. The molecule has 0 aromatic carbocycles. The maximum absolute atomic E-state index is 13.1. The molecule has 194 valence electrons. The van der Waals surface area contributed by atoms with Crippen LogP contribution in [-0.2, 0) is 4.74 Å². The maximum Gasteiger partial charge on any atom is 0.410 e. The van der Waals surface area contributed by atoms with Crippen LogP contribution in [-0.4, -0.2) is 77.1 Å². The van der Waals surface area contributed by atoms with Gasteiger partial charge in [0.25, 0.3) is 5.91 Å². The largest absolute Gasteiger partial charge is 0.440 e. The van der Waals surface area contributed by atoms with Crippen LogP contribution in [0, 0.1) is 5.92 Å². The molecule has 0 N–H and O–H groups in total. The molecule has 4 heterocycles. The molecule has 0 bridgehead atoms. The average Bonchev–Trinajstić information content (AvgIpc) is 3.51. The fourth-order valence-electron chi connectivity index (χ4n) is 7.08. The van der Waals surface area contributed by atoms with E-state index in [-0.39, 0.29) is 23.6 Å². The van der Waals surface area contributed by atoms with Gasteiger partial charge in [-0.25, -0.2) is 4.79 Å². The van der Waals surface area contributed by atoms with E-state index in [0.29, 0.717) is 12.0 Å². The van der Waals surface area contributed by atoms with Crippen LogP contribution < -0.4 is 0 Å². The predicted octanol–water partition coefficient (Wildman–Crippen LogP) is 5.78. The molecule has 5 rings (SSSR count). The summed E-state index contributed by atoms with van der Waals surface area (Å²) in [6.07, 6.45) is 13.8. The third-order valence-corrected chi connectivity index (χ3v) is 9.88. The summed E-state index contributed by atoms with van der Waals surface area (Å²) in [5.41, 5.74) is 0.528. The molecular formula is C28H43N3O3S. The molecule has 1 saturated carbocycles. The molecule has 6 nitrogen and oxygen atoms in total. The van der Waals surface area contributed by atoms with Gasteiger partial charge in [0, 0.05) is 57.0 Å². The third kappa shape index (κ3) is 5.41. The summed E-state index contributed by atoms with van der Waals surface area (Å²) in [5.74, 6) is 0.828. The van der Waals surface area contributed by atoms with Gasteiger partial charge in [0.15, 0.2) is 0 Å². The first kappa shape index (κ1) is 25.1. The average molecular weight is 502 g/mol. The zero-order chi connectivity index (χ0) is 24.3. The van der Waals surface area contributed by atoms with E-state index in [4.69, 9.17) is 4.74 Å². The fourth-order valence-corrected chi connectivity index (χ4v) is 7.71. The predicted molar refractivity (Wildman–Crippen MR) is 140 cm³/mol. The molecule has 1 spiro atoms. The lowest BCUT2D eigenvalue weighted by Crippen LogP contribution is -2.56. The van der Waals surface area contributed by atoms with Gasteiger partial charge in [-0.15, -0.1) is 0 Å². The number of nitrogens with zero attached hydrogens (tertiary/aromatic N) is 3. The highest BCUT2D eigenvalue weighted by atomic mass is 32.1. The highest BCUT2D eigenvalue weighted by Crippen LogP contribution is 2.42. The highest BCUT2D eigenvalue weighted by molar-refractivity contribution is 7.08. The van der Waals surface area contributed by atoms with Gasteiger partial charge in [-0.3, -0.25) is 9.69 Å². The third-order valence-electron chi connectivity index (χ3n) is 9.20. The number of carbonyl (C=O) groups excluding carboxylic acids is 2. The van der Waals surface area contributed by atoms with E-state index >= 15 is 0 Å². The Hall–Kier alpha value is -1.60. The van der Waals surface area contributed by atoms with E-state index in [9.17, 15) is 9.59 Å². The molecule has 1 unspecified atom stereocenters. The van der Waals surface area contributed by atoms with Crippen LogP contribution in [0.4, 0.5) is 4.79 Å². The van der Waals surface area contributed by atoms with Crippen LogP contribution >= 0.6 is 11.3 Å². The van der Waals surface area contributed by atoms with Crippen LogP contribution in [0.2, 0.25) is 0 Å². The van der Waals surface area contributed by atoms with Gasteiger partial charge in [-0.05, 0) is 49.5 Å². The van der Waals surface area contributed by atoms with Crippen LogP contribution in [0.25, 0.3) is 0 Å². The van der Waals surface area contributed by atoms with Crippen molar-refractivity contribution in [1.82, 2.24) is 14.7 Å². The van der Waals surface area contributed by atoms with Crippen molar-refractivity contribution in [1.29, 1.82) is 0 Å². The zero-order valence-corrected chi connectivity index (χ0v) is 22.3. The molecule has 7 heteroatoms. The van der Waals surface area contributed by atoms with Gasteiger partial charge in [0.2, 0.25) is 0 Å². The zero-order valence-electron chi connectivity index (χ0n) is 21.5. The molecule has 3 aliphatic heterocycles. The summed E-state index contributed by atoms with van der Waals surface area (Å²) >= 11 is 1.58. The molecule has 1 aromatic rings. The normalized spacial score (nSPS) is 26.4. The second-order valence-electron chi connectivity index (χ2n) is 11.3. The first-order valence-electron chi connectivity index (χ1n) is 14.1. The van der Waals surface area contributed by atoms with Crippen LogP contribution in [0.5, 0.6) is 0 Å². The Bertz CT molecular complexity index is 838. The molecule has 1 atom stereocenters. The monoisotopic (exact) mass is 501 g/mol. The summed E-state index contributed by atoms with van der Waals surface area (Å²) in [5, 5.41) is 3.93. The summed E-state index contributed by atoms with van der Waals surface area (Å²) in [6, 6.07) is 2.70. The van der Waals surface area contributed by atoms with Crippen molar-refractivity contribution >= 4 is 23.3 Å². The standard InChI is InChI=1S/C28H43N3O3S/c1-2-3-9-25-28(34-27(33)31(25)20-22-7-5-4-6-8-22)13-17-29(18-14-28)24-10-15-30(16-11-24)26(32)23-12-19-35-21-23/h12,19,21-22,24-25H,2-11,13-18,20H2,1H3. The molecule has 1 aromatic heterocycles. The smallest absolute Gasteiger partial charge is 0.410 e. The van der Waals surface area contributed by atoms with E-state index in [1.165, 1.54) is 32.1 Å². The van der Waals surface area contributed by atoms with Crippen LogP contribution in [0.3, 0.4) is 0 Å². The van der Waals surface area contributed by atoms with Gasteiger partial charge >= 0.3 is 6.09 Å². The second-order valence-corrected chi connectivity index (χ2v) is 12.1. The van der Waals surface area contributed by atoms with Crippen molar-refractivity contribution in [2.45, 2.75) is 102 Å². The van der Waals surface area contributed by atoms with Crippen LogP contribution in [0.1, 0.15) is 94.3 Å². The van der Waals surface area contributed by atoms with Crippen LogP contribution in [0.15, 0.2) is 16.8 Å². The minimum absolute atomic E-state index is 0.0506. The molecular weight excluding hydrogens is 458 g/mol. The molecule has 4 aliphatic rings. The molecule has 1 aliphatic carbocycles. The molecule has 4 fully saturated rings. The van der Waals surface area contributed by atoms with Gasteiger partial charge < -0.3 is 14.5 Å². The van der Waals surface area contributed by atoms with Gasteiger partial charge in [-0.1, -0.05) is 39.0 Å². The number of hydrogen-bond donors (Lipinski definition) is 0. The van der Waals surface area contributed by atoms with E-state index in [1.54, 1.807) is 11.3 Å². The number of piperidine rings is 2. The molecule has 2 amide bonds. The minimum Gasteiger partial charge on any atom is -0.440 e. The van der Waals surface area contributed by atoms with Crippen molar-refractivity contribution in [3.8, 4) is 0 Å². The summed E-state index contributed by atoms with van der Waals surface area (Å²) in [6.45, 7) is 6.81. The number of unbranched alkanes of at least 4 members (excludes halogenated alkanes) is 1. The summed E-state index contributed by atoms with van der Waals surface area (Å²) in [7, 11) is 0. The molecule has 35 heavy (non-hydrogen) atoms. The van der Waals surface area contributed by atoms with Crippen molar-refractivity contribution in [2.24, 2.45) is 5.92 Å². The first-order chi connectivity index (χ1) is 17.1. The number of rotatable bonds is 7. The SMILES string of the molecule is CCCCC1N(CC2CCCCC2)C(=O)OC12CCN(C1CCN(C(=O)c3ccsc3)CC1)CC2. The Morgan fingerprint density at radius 1 is 1.09 bits per heavy atom. The number of amides is 2. The Labute approximate surface area is 215 Å². The number of carbonyl (C=O) groups is 2. The van der Waals surface area contributed by atoms with Gasteiger partial charge in [-0.2, -0.15) is 11.3 Å². The number of thiophene rings is 1. The van der Waals surface area contributed by atoms with E-state index in [2.05, 4.69) is 16.7 Å². The molecule has 0 radical (unpaired) electrons. The lowest BCUT2D eigenvalue weighted by atomic mass is 9.80. The van der Waals surface area contributed by atoms with E-state index in [1.807, 2.05) is 21.7 Å². The quantitative estimate of drug-likeness (QED) is 0.475. The fraction of sp³-hybridized carbons (Fsp3) is 0.786. The van der Waals surface area contributed by atoms with Gasteiger partial charge in [0.05, 0.1) is 11.6 Å². The second kappa shape index (κ2) is 11.2. The van der Waals surface area contributed by atoms with E-state index in [0.717, 1.165) is 83.2 Å². The van der Waals surface area contributed by atoms with Crippen molar-refractivity contribution in [3.05, 3.63) is 22.4 Å². The summed E-state index contributed by atoms with van der Waals surface area (Å²) in [4.78, 5) is 32.6. The lowest BCUT2D eigenvalue weighted by Gasteiger charge is -2.46. The van der Waals surface area contributed by atoms with Crippen molar-refractivity contribution in [2.75, 3.05) is 32.7 Å². The Morgan fingerprint density at radius 2 is 1.83 bits per heavy atom. The number of ether oxygens (including phenoxy) is 1. The molecule has 3 saturated heterocycles. The van der Waals surface area contributed by atoms with Crippen molar-refractivity contribution < 1.29 is 14.3 Å². The lowest BCUT2D eigenvalue weighted by molar-refractivity contribution is -0.0385. The minimum atomic E-state index is -0.299. The Kier molecular flexibility index (Phi) is 8.02. The first-order valence-corrected chi connectivity index (χ1v) is 15.1. The van der Waals surface area contributed by atoms with Gasteiger partial charge in [0.1, 0.15) is 5.60 Å². The maximum atomic E-state index is 13.1. The Morgan fingerprint density at radius 3 is 2.49 bits per heavy atom. The topological polar surface area (TPSA) is 53.1 Å². The number of likely N-dealkylation sites (tertiary alicyclic amines) is 2. The summed E-state index contributed by atoms with van der Waals surface area (Å²) < 4.78 is 6.29. The van der Waals surface area contributed by atoms with Crippen molar-refractivity contribution in [3.63, 3.8) is 0 Å². The Balaban J connectivity index is 1.17.